The molecule has 11 heteroatoms. The number of benzene rings is 2. The Morgan fingerprint density at radius 1 is 1.16 bits per heavy atom. The predicted molar refractivity (Wildman–Crippen MR) is 142 cm³/mol. The lowest BCUT2D eigenvalue weighted by Crippen LogP contribution is -2.45. The zero-order valence-corrected chi connectivity index (χ0v) is 22.3. The van der Waals surface area contributed by atoms with E-state index in [1.165, 1.54) is 43.4 Å². The zero-order chi connectivity index (χ0) is 26.7. The van der Waals surface area contributed by atoms with E-state index >= 15 is 0 Å². The highest BCUT2D eigenvalue weighted by Crippen LogP contribution is 2.35. The Bertz CT molecular complexity index is 1380. The number of primary amides is 1. The normalized spacial score (nSPS) is 18.6. The van der Waals surface area contributed by atoms with Crippen LogP contribution in [0.1, 0.15) is 60.5 Å². The van der Waals surface area contributed by atoms with Crippen LogP contribution in [0.2, 0.25) is 0 Å². The van der Waals surface area contributed by atoms with Gasteiger partial charge in [-0.05, 0) is 43.5 Å². The van der Waals surface area contributed by atoms with Gasteiger partial charge in [0.2, 0.25) is 15.9 Å². The van der Waals surface area contributed by atoms with E-state index in [9.17, 15) is 13.2 Å². The number of ether oxygens (including phenoxy) is 1. The first-order valence-electron chi connectivity index (χ1n) is 13.1. The molecule has 1 saturated carbocycles. The van der Waals surface area contributed by atoms with Crippen LogP contribution < -0.4 is 20.5 Å². The molecule has 0 spiro atoms. The molecule has 1 fully saturated rings. The quantitative estimate of drug-likeness (QED) is 0.360. The summed E-state index contributed by atoms with van der Waals surface area (Å²) in [7, 11) is -3.94. The average molecular weight is 539 g/mol. The Morgan fingerprint density at radius 3 is 2.66 bits per heavy atom. The van der Waals surface area contributed by atoms with Crippen molar-refractivity contribution < 1.29 is 17.9 Å². The van der Waals surface area contributed by atoms with Crippen molar-refractivity contribution in [1.82, 2.24) is 25.0 Å². The van der Waals surface area contributed by atoms with Gasteiger partial charge in [-0.1, -0.05) is 47.9 Å². The van der Waals surface area contributed by atoms with Gasteiger partial charge < -0.3 is 15.8 Å². The molecule has 5 rings (SSSR count). The maximum absolute atomic E-state index is 12.8. The van der Waals surface area contributed by atoms with Crippen LogP contribution in [0, 0.1) is 6.92 Å². The highest BCUT2D eigenvalue weighted by Gasteiger charge is 2.28. The predicted octanol–water partition coefficient (Wildman–Crippen LogP) is 2.37. The number of carbonyl (C=O) groups excluding carboxylic acids is 1. The van der Waals surface area contributed by atoms with Crippen LogP contribution >= 0.6 is 0 Å². The lowest BCUT2D eigenvalue weighted by atomic mass is 9.98. The van der Waals surface area contributed by atoms with Crippen LogP contribution in [-0.2, 0) is 27.8 Å². The molecule has 2 aliphatic rings. The van der Waals surface area contributed by atoms with Crippen molar-refractivity contribution in [2.75, 3.05) is 6.61 Å². The molecule has 0 saturated heterocycles. The highest BCUT2D eigenvalue weighted by molar-refractivity contribution is 7.89. The van der Waals surface area contributed by atoms with Crippen molar-refractivity contribution >= 4 is 15.9 Å². The van der Waals surface area contributed by atoms with Crippen LogP contribution in [0.4, 0.5) is 0 Å². The van der Waals surface area contributed by atoms with Crippen molar-refractivity contribution in [1.29, 1.82) is 0 Å². The molecule has 10 nitrogen and oxygen atoms in total. The van der Waals surface area contributed by atoms with E-state index in [4.69, 9.17) is 10.5 Å². The molecule has 0 radical (unpaired) electrons. The van der Waals surface area contributed by atoms with Crippen LogP contribution in [0.5, 0.6) is 5.75 Å². The molecular weight excluding hydrogens is 504 g/mol. The molecule has 2 atom stereocenters. The van der Waals surface area contributed by atoms with Gasteiger partial charge in [-0.3, -0.25) is 4.79 Å². The molecule has 0 bridgehead atoms. The van der Waals surface area contributed by atoms with Gasteiger partial charge in [0.15, 0.2) is 0 Å². The third-order valence-electron chi connectivity index (χ3n) is 7.30. The number of hydrogen-bond donors (Lipinski definition) is 3. The second-order valence-corrected chi connectivity index (χ2v) is 11.9. The van der Waals surface area contributed by atoms with E-state index in [0.29, 0.717) is 18.3 Å². The van der Waals surface area contributed by atoms with Gasteiger partial charge in [-0.25, -0.2) is 13.1 Å². The maximum Gasteiger partial charge on any atom is 0.241 e. The topological polar surface area (TPSA) is 141 Å². The van der Waals surface area contributed by atoms with E-state index in [1.54, 1.807) is 23.0 Å². The Labute approximate surface area is 223 Å². The molecule has 4 N–H and O–H groups in total. The zero-order valence-electron chi connectivity index (χ0n) is 21.5. The Balaban J connectivity index is 1.27. The van der Waals surface area contributed by atoms with Gasteiger partial charge in [0.1, 0.15) is 11.8 Å². The van der Waals surface area contributed by atoms with Crippen LogP contribution in [0.3, 0.4) is 0 Å². The number of aromatic nitrogens is 3. The Morgan fingerprint density at radius 2 is 1.92 bits per heavy atom. The minimum Gasteiger partial charge on any atom is -0.493 e. The van der Waals surface area contributed by atoms with E-state index < -0.39 is 22.0 Å². The number of nitrogens with two attached hydrogens (primary N) is 1. The third-order valence-corrected chi connectivity index (χ3v) is 8.79. The lowest BCUT2D eigenvalue weighted by Gasteiger charge is -2.26. The van der Waals surface area contributed by atoms with Crippen molar-refractivity contribution in [3.05, 3.63) is 71.0 Å². The minimum absolute atomic E-state index is 0.0116. The molecule has 3 aromatic rings. The largest absolute Gasteiger partial charge is 0.493 e. The number of carbonyl (C=O) groups is 1. The van der Waals surface area contributed by atoms with E-state index in [0.717, 1.165) is 29.8 Å². The summed E-state index contributed by atoms with van der Waals surface area (Å²) < 4.78 is 35.7. The summed E-state index contributed by atoms with van der Waals surface area (Å²) in [6.07, 6.45) is 7.52. The smallest absolute Gasteiger partial charge is 0.241 e. The van der Waals surface area contributed by atoms with Crippen molar-refractivity contribution in [3.63, 3.8) is 0 Å². The first-order valence-corrected chi connectivity index (χ1v) is 14.5. The molecular formula is C27H34N6O4S. The molecule has 2 aromatic carbocycles. The summed E-state index contributed by atoms with van der Waals surface area (Å²) in [5, 5.41) is 12.1. The number of amides is 1. The highest BCUT2D eigenvalue weighted by atomic mass is 32.2. The van der Waals surface area contributed by atoms with Gasteiger partial charge in [0, 0.05) is 37.2 Å². The van der Waals surface area contributed by atoms with Gasteiger partial charge in [0.05, 0.1) is 23.2 Å². The fourth-order valence-corrected chi connectivity index (χ4v) is 6.34. The fraction of sp³-hybridized carbons (Fsp3) is 0.444. The number of nitrogens with zero attached hydrogens (tertiary/aromatic N) is 3. The van der Waals surface area contributed by atoms with E-state index in [-0.39, 0.29) is 17.4 Å². The summed E-state index contributed by atoms with van der Waals surface area (Å²) in [6.45, 7) is 3.22. The average Bonchev–Trinajstić information content (AvgIpc) is 3.59. The number of fused-ring (bicyclic) bond motifs is 1. The maximum atomic E-state index is 12.8. The summed E-state index contributed by atoms with van der Waals surface area (Å²) in [6, 6.07) is 12.0. The van der Waals surface area contributed by atoms with E-state index in [2.05, 4.69) is 38.6 Å². The van der Waals surface area contributed by atoms with Gasteiger partial charge >= 0.3 is 0 Å². The van der Waals surface area contributed by atoms with Crippen LogP contribution in [0.25, 0.3) is 0 Å². The van der Waals surface area contributed by atoms with Crippen LogP contribution in [0.15, 0.2) is 53.6 Å². The standard InChI is InChI=1S/C27H34N6O4S/c1-18-6-9-22(10-7-18)38(35,36)31-24(27(28)34)15-21-17-33(32-30-21)25-12-13-37-26-14-19(8-11-23(25)26)16-29-20-4-2-3-5-20/h6-11,14,17,20,24-25,29,31H,2-5,12-13,15-16H2,1H3,(H2,28,34). The second kappa shape index (κ2) is 11.2. The Hall–Kier alpha value is -3.28. The Kier molecular flexibility index (Phi) is 7.78. The number of rotatable bonds is 10. The second-order valence-electron chi connectivity index (χ2n) is 10.2. The minimum atomic E-state index is -3.94. The first kappa shape index (κ1) is 26.3. The van der Waals surface area contributed by atoms with Crippen molar-refractivity contribution in [2.45, 2.75) is 75.0 Å². The van der Waals surface area contributed by atoms with Gasteiger partial charge in [-0.2, -0.15) is 4.72 Å². The molecule has 202 valence electrons. The molecule has 2 heterocycles. The number of aryl methyl sites for hydroxylation is 1. The third kappa shape index (κ3) is 6.06. The van der Waals surface area contributed by atoms with Gasteiger partial charge in [-0.15, -0.1) is 5.10 Å². The van der Waals surface area contributed by atoms with Crippen molar-refractivity contribution in [2.24, 2.45) is 5.73 Å². The number of sulfonamides is 1. The van der Waals surface area contributed by atoms with Crippen LogP contribution in [-0.4, -0.2) is 48.0 Å². The molecule has 1 aliphatic carbocycles. The summed E-state index contributed by atoms with van der Waals surface area (Å²) >= 11 is 0. The molecule has 38 heavy (non-hydrogen) atoms. The molecule has 1 aliphatic heterocycles. The molecule has 1 aromatic heterocycles. The SMILES string of the molecule is Cc1ccc(S(=O)(=O)NC(Cc2cn(C3CCOc4cc(CNC5CCCC5)ccc43)nn2)C(N)=O)cc1. The van der Waals surface area contributed by atoms with Gasteiger partial charge in [0.25, 0.3) is 0 Å². The number of nitrogens with one attached hydrogen (secondary N) is 2. The molecule has 1 amide bonds. The lowest BCUT2D eigenvalue weighted by molar-refractivity contribution is -0.119. The monoisotopic (exact) mass is 538 g/mol. The summed E-state index contributed by atoms with van der Waals surface area (Å²) in [5.41, 5.74) is 9.13. The fourth-order valence-electron chi connectivity index (χ4n) is 5.13. The van der Waals surface area contributed by atoms with Crippen molar-refractivity contribution in [3.8, 4) is 5.75 Å². The number of hydrogen-bond acceptors (Lipinski definition) is 7. The van der Waals surface area contributed by atoms with E-state index in [1.807, 2.05) is 6.92 Å². The molecule has 2 unspecified atom stereocenters. The first-order chi connectivity index (χ1) is 18.3. The summed E-state index contributed by atoms with van der Waals surface area (Å²) in [4.78, 5) is 12.2. The summed E-state index contributed by atoms with van der Waals surface area (Å²) in [5.74, 6) is 0.0512.